The Balaban J connectivity index is 1.97. The molecule has 3 heterocycles. The van der Waals surface area contributed by atoms with Gasteiger partial charge in [0.15, 0.2) is 0 Å². The molecule has 2 aromatic heterocycles. The van der Waals surface area contributed by atoms with Gasteiger partial charge >= 0.3 is 0 Å². The van der Waals surface area contributed by atoms with Gasteiger partial charge in [-0.1, -0.05) is 0 Å². The molecule has 3 rings (SSSR count). The highest BCUT2D eigenvalue weighted by Gasteiger charge is 2.14. The van der Waals surface area contributed by atoms with Crippen molar-refractivity contribution >= 4 is 5.82 Å². The molecule has 6 heteroatoms. The summed E-state index contributed by atoms with van der Waals surface area (Å²) in [6.45, 7) is 8.63. The fraction of sp³-hybridized carbons (Fsp3) is 0.438. The summed E-state index contributed by atoms with van der Waals surface area (Å²) in [7, 11) is 0. The second-order valence-corrected chi connectivity index (χ2v) is 5.48. The van der Waals surface area contributed by atoms with Crippen molar-refractivity contribution in [3.05, 3.63) is 45.8 Å². The monoisotopic (exact) mass is 300 g/mol. The van der Waals surface area contributed by atoms with Crippen LogP contribution < -0.4 is 10.5 Å². The molecule has 1 aliphatic rings. The van der Waals surface area contributed by atoms with Gasteiger partial charge in [0, 0.05) is 24.3 Å². The van der Waals surface area contributed by atoms with E-state index in [1.807, 2.05) is 26.0 Å². The minimum absolute atomic E-state index is 0.0362. The minimum atomic E-state index is -0.0362. The number of aromatic nitrogens is 3. The fourth-order valence-corrected chi connectivity index (χ4v) is 2.64. The molecular weight excluding hydrogens is 280 g/mol. The van der Waals surface area contributed by atoms with Crippen LogP contribution in [0.25, 0.3) is 5.69 Å². The van der Waals surface area contributed by atoms with Crippen LogP contribution in [0.1, 0.15) is 17.1 Å². The summed E-state index contributed by atoms with van der Waals surface area (Å²) < 4.78 is 6.96. The van der Waals surface area contributed by atoms with Gasteiger partial charge < -0.3 is 9.64 Å². The third-order valence-corrected chi connectivity index (χ3v) is 4.05. The zero-order chi connectivity index (χ0) is 15.7. The van der Waals surface area contributed by atoms with Crippen molar-refractivity contribution in [2.45, 2.75) is 20.8 Å². The van der Waals surface area contributed by atoms with Crippen LogP contribution in [0.15, 0.2) is 23.1 Å². The molecular formula is C16H20N4O2. The van der Waals surface area contributed by atoms with Gasteiger partial charge in [-0.2, -0.15) is 0 Å². The highest BCUT2D eigenvalue weighted by Crippen LogP contribution is 2.15. The zero-order valence-electron chi connectivity index (χ0n) is 13.2. The third kappa shape index (κ3) is 2.62. The lowest BCUT2D eigenvalue weighted by atomic mass is 10.2. The average molecular weight is 300 g/mol. The maximum Gasteiger partial charge on any atom is 0.261 e. The highest BCUT2D eigenvalue weighted by molar-refractivity contribution is 5.44. The van der Waals surface area contributed by atoms with Crippen LogP contribution in [0.4, 0.5) is 5.82 Å². The van der Waals surface area contributed by atoms with Crippen LogP contribution in [-0.4, -0.2) is 40.8 Å². The largest absolute Gasteiger partial charge is 0.378 e. The van der Waals surface area contributed by atoms with Gasteiger partial charge in [0.2, 0.25) is 0 Å². The molecule has 0 aromatic carbocycles. The van der Waals surface area contributed by atoms with Crippen molar-refractivity contribution in [3.63, 3.8) is 0 Å². The summed E-state index contributed by atoms with van der Waals surface area (Å²) in [4.78, 5) is 23.6. The maximum absolute atomic E-state index is 12.5. The highest BCUT2D eigenvalue weighted by atomic mass is 16.5. The van der Waals surface area contributed by atoms with Crippen LogP contribution in [-0.2, 0) is 4.74 Å². The van der Waals surface area contributed by atoms with E-state index in [0.717, 1.165) is 43.5 Å². The molecule has 0 N–H and O–H groups in total. The molecule has 0 amide bonds. The molecule has 0 unspecified atom stereocenters. The number of anilines is 1. The number of hydrogen-bond acceptors (Lipinski definition) is 5. The molecule has 116 valence electrons. The molecule has 0 bridgehead atoms. The third-order valence-electron chi connectivity index (χ3n) is 4.05. The molecule has 0 radical (unpaired) electrons. The van der Waals surface area contributed by atoms with Crippen molar-refractivity contribution < 1.29 is 4.74 Å². The molecule has 0 saturated carbocycles. The maximum atomic E-state index is 12.5. The first-order valence-electron chi connectivity index (χ1n) is 7.44. The summed E-state index contributed by atoms with van der Waals surface area (Å²) in [5.74, 6) is 1.59. The van der Waals surface area contributed by atoms with Gasteiger partial charge in [0.05, 0.1) is 25.1 Å². The van der Waals surface area contributed by atoms with E-state index in [2.05, 4.69) is 14.9 Å². The van der Waals surface area contributed by atoms with Crippen molar-refractivity contribution in [1.82, 2.24) is 14.5 Å². The van der Waals surface area contributed by atoms with E-state index in [0.29, 0.717) is 11.4 Å². The number of aryl methyl sites for hydroxylation is 2. The standard InChI is InChI=1S/C16H20N4O2/c1-11-12(2)18-13(3)20(16(11)21)14-4-5-15(17-10-14)19-6-8-22-9-7-19/h4-5,10H,6-9H2,1-3H3. The zero-order valence-corrected chi connectivity index (χ0v) is 13.2. The van der Waals surface area contributed by atoms with Crippen LogP contribution in [0.5, 0.6) is 0 Å². The van der Waals surface area contributed by atoms with E-state index < -0.39 is 0 Å². The second-order valence-electron chi connectivity index (χ2n) is 5.48. The smallest absolute Gasteiger partial charge is 0.261 e. The lowest BCUT2D eigenvalue weighted by molar-refractivity contribution is 0.122. The van der Waals surface area contributed by atoms with Crippen LogP contribution in [0, 0.1) is 20.8 Å². The predicted octanol–water partition coefficient (Wildman–Crippen LogP) is 1.39. The van der Waals surface area contributed by atoms with Gasteiger partial charge in [-0.05, 0) is 32.9 Å². The number of nitrogens with zero attached hydrogens (tertiary/aromatic N) is 4. The molecule has 1 aliphatic heterocycles. The lowest BCUT2D eigenvalue weighted by Gasteiger charge is -2.27. The Morgan fingerprint density at radius 1 is 1.14 bits per heavy atom. The summed E-state index contributed by atoms with van der Waals surface area (Å²) in [5.41, 5.74) is 2.15. The van der Waals surface area contributed by atoms with Crippen LogP contribution >= 0.6 is 0 Å². The average Bonchev–Trinajstić information content (AvgIpc) is 2.54. The Labute approximate surface area is 129 Å². The summed E-state index contributed by atoms with van der Waals surface area (Å²) in [6, 6.07) is 3.87. The van der Waals surface area contributed by atoms with E-state index >= 15 is 0 Å². The first-order chi connectivity index (χ1) is 10.6. The SMILES string of the molecule is Cc1nc(C)n(-c2ccc(N3CCOCC3)nc2)c(=O)c1C. The van der Waals surface area contributed by atoms with E-state index in [1.165, 1.54) is 0 Å². The van der Waals surface area contributed by atoms with Gasteiger partial charge in [-0.15, -0.1) is 0 Å². The minimum Gasteiger partial charge on any atom is -0.378 e. The van der Waals surface area contributed by atoms with Crippen molar-refractivity contribution in [1.29, 1.82) is 0 Å². The first-order valence-corrected chi connectivity index (χ1v) is 7.44. The van der Waals surface area contributed by atoms with Crippen molar-refractivity contribution in [2.75, 3.05) is 31.2 Å². The van der Waals surface area contributed by atoms with Crippen LogP contribution in [0.2, 0.25) is 0 Å². The summed E-state index contributed by atoms with van der Waals surface area (Å²) >= 11 is 0. The Morgan fingerprint density at radius 2 is 1.86 bits per heavy atom. The van der Waals surface area contributed by atoms with Gasteiger partial charge in [-0.3, -0.25) is 9.36 Å². The normalized spacial score (nSPS) is 15.1. The van der Waals surface area contributed by atoms with E-state index in [1.54, 1.807) is 17.7 Å². The van der Waals surface area contributed by atoms with Gasteiger partial charge in [-0.25, -0.2) is 9.97 Å². The molecule has 0 atom stereocenters. The number of ether oxygens (including phenoxy) is 1. The Hall–Kier alpha value is -2.21. The number of rotatable bonds is 2. The predicted molar refractivity (Wildman–Crippen MR) is 84.9 cm³/mol. The Kier molecular flexibility index (Phi) is 3.94. The summed E-state index contributed by atoms with van der Waals surface area (Å²) in [6.07, 6.45) is 1.73. The number of pyridine rings is 1. The Bertz CT molecular complexity index is 731. The molecule has 22 heavy (non-hydrogen) atoms. The van der Waals surface area contributed by atoms with Gasteiger partial charge in [0.1, 0.15) is 11.6 Å². The second kappa shape index (κ2) is 5.88. The molecule has 2 aromatic rings. The first kappa shape index (κ1) is 14.7. The van der Waals surface area contributed by atoms with E-state index in [9.17, 15) is 4.79 Å². The topological polar surface area (TPSA) is 60.3 Å². The molecule has 0 spiro atoms. The van der Waals surface area contributed by atoms with Crippen molar-refractivity contribution in [3.8, 4) is 5.69 Å². The quantitative estimate of drug-likeness (QED) is 0.839. The summed E-state index contributed by atoms with van der Waals surface area (Å²) in [5, 5.41) is 0. The lowest BCUT2D eigenvalue weighted by Crippen LogP contribution is -2.36. The molecule has 1 saturated heterocycles. The van der Waals surface area contributed by atoms with Crippen LogP contribution in [0.3, 0.4) is 0 Å². The number of morpholine rings is 1. The Morgan fingerprint density at radius 3 is 2.50 bits per heavy atom. The van der Waals surface area contributed by atoms with Crippen molar-refractivity contribution in [2.24, 2.45) is 0 Å². The van der Waals surface area contributed by atoms with E-state index in [-0.39, 0.29) is 5.56 Å². The number of hydrogen-bond donors (Lipinski definition) is 0. The molecule has 1 fully saturated rings. The van der Waals surface area contributed by atoms with Gasteiger partial charge in [0.25, 0.3) is 5.56 Å². The fourth-order valence-electron chi connectivity index (χ4n) is 2.64. The molecule has 6 nitrogen and oxygen atoms in total. The van der Waals surface area contributed by atoms with E-state index in [4.69, 9.17) is 4.74 Å². The molecule has 0 aliphatic carbocycles.